The molecule has 2 aromatic carbocycles. The lowest BCUT2D eigenvalue weighted by Crippen LogP contribution is -2.45. The molecule has 0 aliphatic rings. The number of hydrogen-bond donors (Lipinski definition) is 1. The summed E-state index contributed by atoms with van der Waals surface area (Å²) in [5, 5.41) is 7.42. The zero-order valence-corrected chi connectivity index (χ0v) is 17.1. The molecule has 0 bridgehead atoms. The van der Waals surface area contributed by atoms with Crippen LogP contribution in [0, 0.1) is 0 Å². The van der Waals surface area contributed by atoms with Crippen LogP contribution in [0.2, 0.25) is 5.02 Å². The van der Waals surface area contributed by atoms with Crippen LogP contribution in [-0.4, -0.2) is 39.6 Å². The predicted molar refractivity (Wildman–Crippen MR) is 113 cm³/mol. The molecule has 1 atom stereocenters. The molecule has 1 N–H and O–H groups in total. The number of carbonyl (C=O) groups excluding carboxylic acids is 2. The molecule has 0 saturated carbocycles. The lowest BCUT2D eigenvalue weighted by atomic mass is 10.2. The Bertz CT molecular complexity index is 987. The number of nitrogens with zero attached hydrogens (tertiary/aromatic N) is 3. The standard InChI is InChI=1S/C22H23ClN4O2/c1-16(25-21(28)19-10-6-7-11-20(19)23)22(29)26(2)13-18-12-24-27(15-18)14-17-8-4-3-5-9-17/h3-12,15-16H,13-14H2,1-2H3,(H,25,28)/t16-/m0/s1. The van der Waals surface area contributed by atoms with Gasteiger partial charge in [0.2, 0.25) is 5.91 Å². The zero-order chi connectivity index (χ0) is 20.8. The maximum absolute atomic E-state index is 12.6. The number of carbonyl (C=O) groups is 2. The highest BCUT2D eigenvalue weighted by Gasteiger charge is 2.21. The first-order valence-corrected chi connectivity index (χ1v) is 9.67. The Labute approximate surface area is 175 Å². The van der Waals surface area contributed by atoms with Gasteiger partial charge in [0.05, 0.1) is 23.3 Å². The fraction of sp³-hybridized carbons (Fsp3) is 0.227. The van der Waals surface area contributed by atoms with Crippen molar-refractivity contribution in [3.8, 4) is 0 Å². The van der Waals surface area contributed by atoms with Crippen molar-refractivity contribution in [3.05, 3.63) is 88.7 Å². The van der Waals surface area contributed by atoms with E-state index in [2.05, 4.69) is 10.4 Å². The van der Waals surface area contributed by atoms with Crippen LogP contribution in [0.4, 0.5) is 0 Å². The van der Waals surface area contributed by atoms with Gasteiger partial charge in [-0.25, -0.2) is 0 Å². The Morgan fingerprint density at radius 3 is 2.52 bits per heavy atom. The molecule has 3 aromatic rings. The topological polar surface area (TPSA) is 67.2 Å². The van der Waals surface area contributed by atoms with Crippen LogP contribution in [0.3, 0.4) is 0 Å². The van der Waals surface area contributed by atoms with Gasteiger partial charge >= 0.3 is 0 Å². The molecule has 1 heterocycles. The first kappa shape index (κ1) is 20.6. The average molecular weight is 411 g/mol. The summed E-state index contributed by atoms with van der Waals surface area (Å²) in [4.78, 5) is 26.6. The summed E-state index contributed by atoms with van der Waals surface area (Å²) in [6, 6.07) is 16.1. The highest BCUT2D eigenvalue weighted by molar-refractivity contribution is 6.33. The maximum atomic E-state index is 12.6. The highest BCUT2D eigenvalue weighted by atomic mass is 35.5. The van der Waals surface area contributed by atoms with Crippen LogP contribution in [0.15, 0.2) is 67.0 Å². The second-order valence-corrected chi connectivity index (χ2v) is 7.31. The molecule has 29 heavy (non-hydrogen) atoms. The van der Waals surface area contributed by atoms with E-state index in [1.54, 1.807) is 49.3 Å². The van der Waals surface area contributed by atoms with Crippen LogP contribution in [0.1, 0.15) is 28.4 Å². The molecular formula is C22H23ClN4O2. The molecule has 0 fully saturated rings. The summed E-state index contributed by atoms with van der Waals surface area (Å²) < 4.78 is 1.84. The fourth-order valence-electron chi connectivity index (χ4n) is 3.01. The molecule has 7 heteroatoms. The number of halogens is 1. The lowest BCUT2D eigenvalue weighted by Gasteiger charge is -2.21. The second kappa shape index (κ2) is 9.39. The zero-order valence-electron chi connectivity index (χ0n) is 16.4. The van der Waals surface area contributed by atoms with E-state index in [1.165, 1.54) is 0 Å². The molecule has 0 spiro atoms. The van der Waals surface area contributed by atoms with Gasteiger partial charge in [0, 0.05) is 25.4 Å². The van der Waals surface area contributed by atoms with E-state index in [9.17, 15) is 9.59 Å². The van der Waals surface area contributed by atoms with Crippen LogP contribution in [0.5, 0.6) is 0 Å². The number of likely N-dealkylation sites (N-methyl/N-ethyl adjacent to an activating group) is 1. The molecular weight excluding hydrogens is 388 g/mol. The first-order chi connectivity index (χ1) is 13.9. The molecule has 1 aromatic heterocycles. The molecule has 0 unspecified atom stereocenters. The summed E-state index contributed by atoms with van der Waals surface area (Å²) in [7, 11) is 1.70. The van der Waals surface area contributed by atoms with Gasteiger partial charge in [-0.15, -0.1) is 0 Å². The Morgan fingerprint density at radius 2 is 1.79 bits per heavy atom. The van der Waals surface area contributed by atoms with Crippen LogP contribution in [-0.2, 0) is 17.9 Å². The largest absolute Gasteiger partial charge is 0.340 e. The first-order valence-electron chi connectivity index (χ1n) is 9.29. The van der Waals surface area contributed by atoms with Gasteiger partial charge in [-0.05, 0) is 24.6 Å². The fourth-order valence-corrected chi connectivity index (χ4v) is 3.23. The number of amides is 2. The van der Waals surface area contributed by atoms with Gasteiger partial charge in [0.1, 0.15) is 6.04 Å². The molecule has 6 nitrogen and oxygen atoms in total. The van der Waals surface area contributed by atoms with Crippen molar-refractivity contribution in [1.82, 2.24) is 20.0 Å². The molecule has 0 aliphatic heterocycles. The van der Waals surface area contributed by atoms with Gasteiger partial charge in [0.25, 0.3) is 5.91 Å². The number of hydrogen-bond acceptors (Lipinski definition) is 3. The van der Waals surface area contributed by atoms with E-state index < -0.39 is 6.04 Å². The molecule has 2 amide bonds. The molecule has 0 saturated heterocycles. The normalized spacial score (nSPS) is 11.7. The van der Waals surface area contributed by atoms with Crippen LogP contribution < -0.4 is 5.32 Å². The molecule has 0 aliphatic carbocycles. The smallest absolute Gasteiger partial charge is 0.253 e. The van der Waals surface area contributed by atoms with Crippen molar-refractivity contribution < 1.29 is 9.59 Å². The SMILES string of the molecule is C[C@H](NC(=O)c1ccccc1Cl)C(=O)N(C)Cc1cnn(Cc2ccccc2)c1. The Kier molecular flexibility index (Phi) is 6.67. The number of rotatable bonds is 7. The Hall–Kier alpha value is -3.12. The van der Waals surface area contributed by atoms with Gasteiger partial charge in [0.15, 0.2) is 0 Å². The number of benzene rings is 2. The Balaban J connectivity index is 1.56. The molecule has 0 radical (unpaired) electrons. The summed E-state index contributed by atoms with van der Waals surface area (Å²) in [6.45, 7) is 2.73. The van der Waals surface area contributed by atoms with Crippen molar-refractivity contribution >= 4 is 23.4 Å². The summed E-state index contributed by atoms with van der Waals surface area (Å²) in [5.41, 5.74) is 2.42. The molecule has 150 valence electrons. The van der Waals surface area contributed by atoms with E-state index in [1.807, 2.05) is 41.2 Å². The highest BCUT2D eigenvalue weighted by Crippen LogP contribution is 2.15. The van der Waals surface area contributed by atoms with Gasteiger partial charge in [-0.3, -0.25) is 14.3 Å². The summed E-state index contributed by atoms with van der Waals surface area (Å²) in [5.74, 6) is -0.568. The third-order valence-corrected chi connectivity index (χ3v) is 4.84. The van der Waals surface area contributed by atoms with E-state index in [0.29, 0.717) is 23.7 Å². The van der Waals surface area contributed by atoms with Crippen LogP contribution >= 0.6 is 11.6 Å². The monoisotopic (exact) mass is 410 g/mol. The minimum absolute atomic E-state index is 0.193. The molecule has 3 rings (SSSR count). The number of aromatic nitrogens is 2. The number of nitrogens with one attached hydrogen (secondary N) is 1. The predicted octanol–water partition coefficient (Wildman–Crippen LogP) is 3.36. The third kappa shape index (κ3) is 5.45. The lowest BCUT2D eigenvalue weighted by molar-refractivity contribution is -0.132. The van der Waals surface area contributed by atoms with Crippen LogP contribution in [0.25, 0.3) is 0 Å². The van der Waals surface area contributed by atoms with Gasteiger partial charge in [-0.2, -0.15) is 5.10 Å². The van der Waals surface area contributed by atoms with E-state index >= 15 is 0 Å². The summed E-state index contributed by atoms with van der Waals surface area (Å²) >= 11 is 6.05. The van der Waals surface area contributed by atoms with Crippen molar-refractivity contribution in [2.45, 2.75) is 26.1 Å². The van der Waals surface area contributed by atoms with E-state index in [-0.39, 0.29) is 11.8 Å². The van der Waals surface area contributed by atoms with Crippen molar-refractivity contribution in [2.75, 3.05) is 7.05 Å². The minimum atomic E-state index is -0.678. The second-order valence-electron chi connectivity index (χ2n) is 6.90. The summed E-state index contributed by atoms with van der Waals surface area (Å²) in [6.07, 6.45) is 3.67. The Morgan fingerprint density at radius 1 is 1.10 bits per heavy atom. The van der Waals surface area contributed by atoms with Crippen molar-refractivity contribution in [2.24, 2.45) is 0 Å². The minimum Gasteiger partial charge on any atom is -0.340 e. The van der Waals surface area contributed by atoms with Crippen molar-refractivity contribution in [3.63, 3.8) is 0 Å². The van der Waals surface area contributed by atoms with E-state index in [4.69, 9.17) is 11.6 Å². The quantitative estimate of drug-likeness (QED) is 0.649. The third-order valence-electron chi connectivity index (χ3n) is 4.51. The van der Waals surface area contributed by atoms with Gasteiger partial charge < -0.3 is 10.2 Å². The van der Waals surface area contributed by atoms with E-state index in [0.717, 1.165) is 11.1 Å². The van der Waals surface area contributed by atoms with Crippen molar-refractivity contribution in [1.29, 1.82) is 0 Å². The maximum Gasteiger partial charge on any atom is 0.253 e. The average Bonchev–Trinajstić information content (AvgIpc) is 3.15. The van der Waals surface area contributed by atoms with Gasteiger partial charge in [-0.1, -0.05) is 54.1 Å².